The van der Waals surface area contributed by atoms with Crippen LogP contribution in [0.1, 0.15) is 19.3 Å². The number of hydrogen-bond donors (Lipinski definition) is 1. The summed E-state index contributed by atoms with van der Waals surface area (Å²) in [6, 6.07) is 6.64. The van der Waals surface area contributed by atoms with E-state index in [1.54, 1.807) is 6.07 Å². The fraction of sp³-hybridized carbons (Fsp3) is 0.429. The molecule has 1 heterocycles. The zero-order chi connectivity index (χ0) is 14.5. The fourth-order valence-corrected chi connectivity index (χ4v) is 3.40. The highest BCUT2D eigenvalue weighted by atomic mass is 35.5. The van der Waals surface area contributed by atoms with E-state index >= 15 is 0 Å². The molecule has 2 rings (SSSR count). The number of amides is 1. The van der Waals surface area contributed by atoms with Crippen LogP contribution in [0.25, 0.3) is 0 Å². The molecule has 0 saturated carbocycles. The minimum atomic E-state index is -0.916. The van der Waals surface area contributed by atoms with Crippen LogP contribution < -0.4 is 0 Å². The molecule has 4 nitrogen and oxygen atoms in total. The zero-order valence-corrected chi connectivity index (χ0v) is 12.5. The normalized spacial score (nSPS) is 18.9. The Morgan fingerprint density at radius 3 is 2.80 bits per heavy atom. The van der Waals surface area contributed by atoms with Crippen molar-refractivity contribution in [1.82, 2.24) is 4.90 Å². The van der Waals surface area contributed by atoms with Gasteiger partial charge in [-0.25, -0.2) is 4.79 Å². The molecule has 1 aliphatic heterocycles. The molecular formula is C14H16ClNO3S. The van der Waals surface area contributed by atoms with Crippen LogP contribution in [-0.4, -0.2) is 40.2 Å². The topological polar surface area (TPSA) is 57.6 Å². The first kappa shape index (κ1) is 15.2. The lowest BCUT2D eigenvalue weighted by atomic mass is 10.0. The van der Waals surface area contributed by atoms with E-state index in [-0.39, 0.29) is 11.7 Å². The molecule has 108 valence electrons. The van der Waals surface area contributed by atoms with Gasteiger partial charge in [0.1, 0.15) is 6.04 Å². The van der Waals surface area contributed by atoms with Crippen LogP contribution in [0.15, 0.2) is 29.2 Å². The lowest BCUT2D eigenvalue weighted by Crippen LogP contribution is -2.48. The van der Waals surface area contributed by atoms with Crippen LogP contribution in [0.5, 0.6) is 0 Å². The summed E-state index contributed by atoms with van der Waals surface area (Å²) >= 11 is 7.38. The van der Waals surface area contributed by atoms with Gasteiger partial charge in [0.05, 0.1) is 10.8 Å². The van der Waals surface area contributed by atoms with Crippen LogP contribution in [0, 0.1) is 0 Å². The molecule has 1 unspecified atom stereocenters. The van der Waals surface area contributed by atoms with Gasteiger partial charge in [-0.3, -0.25) is 4.79 Å². The number of thioether (sulfide) groups is 1. The maximum Gasteiger partial charge on any atom is 0.326 e. The smallest absolute Gasteiger partial charge is 0.326 e. The lowest BCUT2D eigenvalue weighted by Gasteiger charge is -2.32. The molecule has 6 heteroatoms. The van der Waals surface area contributed by atoms with Crippen molar-refractivity contribution in [1.29, 1.82) is 0 Å². The number of likely N-dealkylation sites (tertiary alicyclic amines) is 1. The molecule has 1 aliphatic rings. The predicted molar refractivity (Wildman–Crippen MR) is 79.2 cm³/mol. The number of rotatable bonds is 4. The quantitative estimate of drug-likeness (QED) is 0.868. The Morgan fingerprint density at radius 1 is 1.35 bits per heavy atom. The summed E-state index contributed by atoms with van der Waals surface area (Å²) in [6.07, 6.45) is 2.27. The number of halogens is 1. The molecule has 0 aromatic heterocycles. The van der Waals surface area contributed by atoms with Gasteiger partial charge in [-0.1, -0.05) is 23.7 Å². The molecule has 1 N–H and O–H groups in total. The Labute approximate surface area is 127 Å². The highest BCUT2D eigenvalue weighted by Crippen LogP contribution is 2.27. The minimum absolute atomic E-state index is 0.137. The SMILES string of the molecule is O=C(O)C1CCCCN1C(=O)CSc1ccccc1Cl. The van der Waals surface area contributed by atoms with Crippen molar-refractivity contribution in [3.05, 3.63) is 29.3 Å². The van der Waals surface area contributed by atoms with Gasteiger partial charge in [-0.15, -0.1) is 11.8 Å². The number of hydrogen-bond acceptors (Lipinski definition) is 3. The Morgan fingerprint density at radius 2 is 2.10 bits per heavy atom. The van der Waals surface area contributed by atoms with Crippen molar-refractivity contribution in [3.63, 3.8) is 0 Å². The highest BCUT2D eigenvalue weighted by Gasteiger charge is 2.31. The number of carboxylic acid groups (broad SMARTS) is 1. The monoisotopic (exact) mass is 313 g/mol. The van der Waals surface area contributed by atoms with E-state index in [4.69, 9.17) is 16.7 Å². The number of nitrogens with zero attached hydrogens (tertiary/aromatic N) is 1. The fourth-order valence-electron chi connectivity index (χ4n) is 2.27. The number of aliphatic carboxylic acids is 1. The van der Waals surface area contributed by atoms with Crippen LogP contribution in [0.2, 0.25) is 5.02 Å². The molecule has 0 radical (unpaired) electrons. The molecular weight excluding hydrogens is 298 g/mol. The second-order valence-electron chi connectivity index (χ2n) is 4.66. The third-order valence-corrected chi connectivity index (χ3v) is 4.80. The zero-order valence-electron chi connectivity index (χ0n) is 10.9. The first-order chi connectivity index (χ1) is 9.59. The number of carbonyl (C=O) groups excluding carboxylic acids is 1. The Bertz CT molecular complexity index is 509. The molecule has 0 spiro atoms. The molecule has 20 heavy (non-hydrogen) atoms. The van der Waals surface area contributed by atoms with Gasteiger partial charge in [0.15, 0.2) is 0 Å². The van der Waals surface area contributed by atoms with Gasteiger partial charge in [0.25, 0.3) is 0 Å². The number of benzene rings is 1. The van der Waals surface area contributed by atoms with Crippen molar-refractivity contribution in [2.45, 2.75) is 30.2 Å². The third kappa shape index (κ3) is 3.67. The second-order valence-corrected chi connectivity index (χ2v) is 6.08. The Kier molecular flexibility index (Phi) is 5.31. The van der Waals surface area contributed by atoms with Gasteiger partial charge in [-0.05, 0) is 31.4 Å². The number of carbonyl (C=O) groups is 2. The van der Waals surface area contributed by atoms with E-state index in [0.29, 0.717) is 18.0 Å². The van der Waals surface area contributed by atoms with Crippen molar-refractivity contribution in [3.8, 4) is 0 Å². The maximum absolute atomic E-state index is 12.2. The van der Waals surface area contributed by atoms with Crippen molar-refractivity contribution in [2.24, 2.45) is 0 Å². The summed E-state index contributed by atoms with van der Waals surface area (Å²) in [7, 11) is 0. The lowest BCUT2D eigenvalue weighted by molar-refractivity contribution is -0.150. The summed E-state index contributed by atoms with van der Waals surface area (Å²) in [5.41, 5.74) is 0. The summed E-state index contributed by atoms with van der Waals surface area (Å²) in [4.78, 5) is 25.7. The second kappa shape index (κ2) is 6.99. The van der Waals surface area contributed by atoms with Gasteiger partial charge < -0.3 is 10.0 Å². The van der Waals surface area contributed by atoms with Gasteiger partial charge in [0, 0.05) is 11.4 Å². The van der Waals surface area contributed by atoms with Crippen LogP contribution in [0.3, 0.4) is 0 Å². The summed E-state index contributed by atoms with van der Waals surface area (Å²) in [5.74, 6) is -0.837. The van der Waals surface area contributed by atoms with Crippen molar-refractivity contribution in [2.75, 3.05) is 12.3 Å². The largest absolute Gasteiger partial charge is 0.480 e. The first-order valence-corrected chi connectivity index (χ1v) is 7.85. The van der Waals surface area contributed by atoms with Crippen LogP contribution in [-0.2, 0) is 9.59 Å². The van der Waals surface area contributed by atoms with Crippen LogP contribution >= 0.6 is 23.4 Å². The van der Waals surface area contributed by atoms with Crippen molar-refractivity contribution >= 4 is 35.2 Å². The Hall–Kier alpha value is -1.20. The average molecular weight is 314 g/mol. The number of piperidine rings is 1. The van der Waals surface area contributed by atoms with E-state index in [0.717, 1.165) is 17.7 Å². The number of carboxylic acids is 1. The molecule has 1 amide bonds. The van der Waals surface area contributed by atoms with E-state index in [9.17, 15) is 9.59 Å². The van der Waals surface area contributed by atoms with E-state index < -0.39 is 12.0 Å². The minimum Gasteiger partial charge on any atom is -0.480 e. The highest BCUT2D eigenvalue weighted by molar-refractivity contribution is 8.00. The predicted octanol–water partition coefficient (Wildman–Crippen LogP) is 2.90. The van der Waals surface area contributed by atoms with E-state index in [1.165, 1.54) is 16.7 Å². The van der Waals surface area contributed by atoms with Crippen LogP contribution in [0.4, 0.5) is 0 Å². The third-order valence-electron chi connectivity index (χ3n) is 3.30. The summed E-state index contributed by atoms with van der Waals surface area (Å²) in [6.45, 7) is 0.527. The summed E-state index contributed by atoms with van der Waals surface area (Å²) in [5, 5.41) is 9.78. The van der Waals surface area contributed by atoms with Gasteiger partial charge in [0.2, 0.25) is 5.91 Å². The molecule has 0 aliphatic carbocycles. The molecule has 1 atom stereocenters. The molecule has 0 bridgehead atoms. The standard InChI is InChI=1S/C14H16ClNO3S/c15-10-5-1-2-7-12(10)20-9-13(17)16-8-4-3-6-11(16)14(18)19/h1-2,5,7,11H,3-4,6,8-9H2,(H,18,19). The molecule has 1 aromatic carbocycles. The average Bonchev–Trinajstić information content (AvgIpc) is 2.46. The van der Waals surface area contributed by atoms with Crippen molar-refractivity contribution < 1.29 is 14.7 Å². The molecule has 1 fully saturated rings. The summed E-state index contributed by atoms with van der Waals surface area (Å²) < 4.78 is 0. The van der Waals surface area contributed by atoms with E-state index in [1.807, 2.05) is 18.2 Å². The van der Waals surface area contributed by atoms with E-state index in [2.05, 4.69) is 0 Å². The van der Waals surface area contributed by atoms with Gasteiger partial charge >= 0.3 is 5.97 Å². The molecule has 1 saturated heterocycles. The molecule has 1 aromatic rings. The Balaban J connectivity index is 1.97. The first-order valence-electron chi connectivity index (χ1n) is 6.49. The maximum atomic E-state index is 12.2. The van der Waals surface area contributed by atoms with Gasteiger partial charge in [-0.2, -0.15) is 0 Å².